The molecule has 1 aromatic heterocycles. The number of hydrogen-bond acceptors (Lipinski definition) is 3. The minimum absolute atomic E-state index is 0.344. The van der Waals surface area contributed by atoms with Crippen molar-refractivity contribution >= 4 is 17.2 Å². The highest BCUT2D eigenvalue weighted by atomic mass is 32.1. The molecule has 2 aromatic rings. The molecule has 3 nitrogen and oxygen atoms in total. The van der Waals surface area contributed by atoms with E-state index in [0.29, 0.717) is 16.8 Å². The molecule has 1 heterocycles. The lowest BCUT2D eigenvalue weighted by atomic mass is 9.98. The smallest absolute Gasteiger partial charge is 0.220 e. The van der Waals surface area contributed by atoms with Gasteiger partial charge in [-0.25, -0.2) is 4.98 Å². The lowest BCUT2D eigenvalue weighted by molar-refractivity contribution is 0.461. The number of rotatable bonds is 4. The van der Waals surface area contributed by atoms with Gasteiger partial charge in [-0.05, 0) is 49.1 Å². The van der Waals surface area contributed by atoms with E-state index in [-0.39, 0.29) is 0 Å². The quantitative estimate of drug-likeness (QED) is 0.858. The van der Waals surface area contributed by atoms with Crippen LogP contribution in [0, 0.1) is 13.8 Å². The summed E-state index contributed by atoms with van der Waals surface area (Å²) < 4.78 is 5.84. The average molecular weight is 300 g/mol. The summed E-state index contributed by atoms with van der Waals surface area (Å²) in [4.78, 5) is 4.71. The van der Waals surface area contributed by atoms with Crippen LogP contribution in [0.25, 0.3) is 0 Å². The van der Waals surface area contributed by atoms with Crippen molar-refractivity contribution in [3.63, 3.8) is 0 Å². The van der Waals surface area contributed by atoms with Gasteiger partial charge in [0.2, 0.25) is 5.88 Å². The van der Waals surface area contributed by atoms with Gasteiger partial charge in [0, 0.05) is 17.3 Å². The highest BCUT2D eigenvalue weighted by Crippen LogP contribution is 2.26. The first-order chi connectivity index (χ1) is 9.86. The molecule has 0 aliphatic rings. The Morgan fingerprint density at radius 3 is 2.48 bits per heavy atom. The Morgan fingerprint density at radius 1 is 1.19 bits per heavy atom. The molecular weight excluding hydrogens is 280 g/mol. The van der Waals surface area contributed by atoms with E-state index in [2.05, 4.69) is 31.8 Å². The summed E-state index contributed by atoms with van der Waals surface area (Å²) in [5, 5.41) is 0. The average Bonchev–Trinajstić information content (AvgIpc) is 2.37. The van der Waals surface area contributed by atoms with E-state index in [0.717, 1.165) is 17.0 Å². The van der Waals surface area contributed by atoms with Gasteiger partial charge >= 0.3 is 0 Å². The fourth-order valence-electron chi connectivity index (χ4n) is 2.31. The molecule has 0 spiro atoms. The molecule has 0 saturated heterocycles. The molecule has 0 unspecified atom stereocenters. The standard InChI is InChI=1S/C17H20N2OS/c1-10(2)15-6-5-14(7-11(15)3)20-16-9-13(17(18)21)8-12(4)19-16/h5-10H,1-4H3,(H2,18,21). The van der Waals surface area contributed by atoms with E-state index in [1.54, 1.807) is 6.07 Å². The summed E-state index contributed by atoms with van der Waals surface area (Å²) in [5.74, 6) is 1.77. The number of ether oxygens (including phenoxy) is 1. The topological polar surface area (TPSA) is 48.1 Å². The molecule has 2 N–H and O–H groups in total. The van der Waals surface area contributed by atoms with Crippen molar-refractivity contribution < 1.29 is 4.74 Å². The van der Waals surface area contributed by atoms with Crippen LogP contribution in [0.3, 0.4) is 0 Å². The van der Waals surface area contributed by atoms with Crippen molar-refractivity contribution in [1.29, 1.82) is 0 Å². The van der Waals surface area contributed by atoms with Crippen LogP contribution < -0.4 is 10.5 Å². The SMILES string of the molecule is Cc1cc(C(N)=S)cc(Oc2ccc(C(C)C)c(C)c2)n1. The number of benzene rings is 1. The fourth-order valence-corrected chi connectivity index (χ4v) is 2.43. The largest absolute Gasteiger partial charge is 0.439 e. The van der Waals surface area contributed by atoms with E-state index in [1.165, 1.54) is 11.1 Å². The summed E-state index contributed by atoms with van der Waals surface area (Å²) in [6, 6.07) is 9.70. The summed E-state index contributed by atoms with van der Waals surface area (Å²) in [6.07, 6.45) is 0. The normalized spacial score (nSPS) is 10.7. The first kappa shape index (κ1) is 15.4. The van der Waals surface area contributed by atoms with Crippen LogP contribution in [0.5, 0.6) is 11.6 Å². The number of aryl methyl sites for hydroxylation is 2. The number of aromatic nitrogens is 1. The molecule has 0 saturated carbocycles. The van der Waals surface area contributed by atoms with Crippen molar-refractivity contribution in [2.45, 2.75) is 33.6 Å². The first-order valence-electron chi connectivity index (χ1n) is 6.93. The number of nitrogens with two attached hydrogens (primary N) is 1. The van der Waals surface area contributed by atoms with Gasteiger partial charge in [-0.1, -0.05) is 32.1 Å². The van der Waals surface area contributed by atoms with Gasteiger partial charge in [-0.3, -0.25) is 0 Å². The Bertz CT molecular complexity index is 680. The molecule has 0 amide bonds. The molecule has 0 aliphatic carbocycles. The van der Waals surface area contributed by atoms with Crippen LogP contribution >= 0.6 is 12.2 Å². The molecule has 21 heavy (non-hydrogen) atoms. The maximum Gasteiger partial charge on any atom is 0.220 e. The van der Waals surface area contributed by atoms with Crippen LogP contribution in [-0.4, -0.2) is 9.97 Å². The van der Waals surface area contributed by atoms with Gasteiger partial charge in [0.05, 0.1) is 0 Å². The predicted octanol–water partition coefficient (Wildman–Crippen LogP) is 4.25. The molecule has 4 heteroatoms. The molecule has 110 valence electrons. The maximum atomic E-state index is 5.84. The van der Waals surface area contributed by atoms with Crippen LogP contribution in [0.1, 0.15) is 42.1 Å². The second-order valence-corrected chi connectivity index (χ2v) is 5.91. The van der Waals surface area contributed by atoms with Crippen LogP contribution in [0.15, 0.2) is 30.3 Å². The molecule has 0 atom stereocenters. The summed E-state index contributed by atoms with van der Waals surface area (Å²) >= 11 is 5.01. The third kappa shape index (κ3) is 3.79. The zero-order valence-electron chi connectivity index (χ0n) is 12.8. The molecule has 0 radical (unpaired) electrons. The van der Waals surface area contributed by atoms with E-state index in [1.807, 2.05) is 25.1 Å². The molecular formula is C17H20N2OS. The Balaban J connectivity index is 2.30. The highest BCUT2D eigenvalue weighted by molar-refractivity contribution is 7.80. The lowest BCUT2D eigenvalue weighted by Gasteiger charge is -2.12. The molecule has 0 fully saturated rings. The maximum absolute atomic E-state index is 5.84. The van der Waals surface area contributed by atoms with Gasteiger partial charge in [0.1, 0.15) is 10.7 Å². The third-order valence-electron chi connectivity index (χ3n) is 3.30. The second kappa shape index (κ2) is 6.22. The van der Waals surface area contributed by atoms with E-state index >= 15 is 0 Å². The van der Waals surface area contributed by atoms with Gasteiger partial charge in [-0.15, -0.1) is 0 Å². The number of hydrogen-bond donors (Lipinski definition) is 1. The second-order valence-electron chi connectivity index (χ2n) is 5.47. The van der Waals surface area contributed by atoms with Gasteiger partial charge in [0.25, 0.3) is 0 Å². The Kier molecular flexibility index (Phi) is 4.58. The van der Waals surface area contributed by atoms with Crippen molar-refractivity contribution in [2.75, 3.05) is 0 Å². The van der Waals surface area contributed by atoms with E-state index in [9.17, 15) is 0 Å². The first-order valence-corrected chi connectivity index (χ1v) is 7.34. The van der Waals surface area contributed by atoms with Gasteiger partial charge in [-0.2, -0.15) is 0 Å². The monoisotopic (exact) mass is 300 g/mol. The number of nitrogens with zero attached hydrogens (tertiary/aromatic N) is 1. The van der Waals surface area contributed by atoms with Crippen molar-refractivity contribution in [2.24, 2.45) is 5.73 Å². The summed E-state index contributed by atoms with van der Waals surface area (Å²) in [7, 11) is 0. The van der Waals surface area contributed by atoms with Gasteiger partial charge in [0.15, 0.2) is 0 Å². The fraction of sp³-hybridized carbons (Fsp3) is 0.294. The van der Waals surface area contributed by atoms with Crippen LogP contribution in [0.4, 0.5) is 0 Å². The minimum atomic E-state index is 0.344. The summed E-state index contributed by atoms with van der Waals surface area (Å²) in [6.45, 7) is 8.34. The zero-order valence-corrected chi connectivity index (χ0v) is 13.6. The Labute approximate surface area is 131 Å². The van der Waals surface area contributed by atoms with Gasteiger partial charge < -0.3 is 10.5 Å². The lowest BCUT2D eigenvalue weighted by Crippen LogP contribution is -2.10. The van der Waals surface area contributed by atoms with Crippen molar-refractivity contribution in [3.05, 3.63) is 52.7 Å². The number of pyridine rings is 1. The minimum Gasteiger partial charge on any atom is -0.439 e. The zero-order chi connectivity index (χ0) is 15.6. The molecule has 2 rings (SSSR count). The van der Waals surface area contributed by atoms with Crippen molar-refractivity contribution in [3.8, 4) is 11.6 Å². The van der Waals surface area contributed by atoms with Crippen LogP contribution in [-0.2, 0) is 0 Å². The summed E-state index contributed by atoms with van der Waals surface area (Å²) in [5.41, 5.74) is 9.80. The molecule has 0 aliphatic heterocycles. The number of thiocarbonyl (C=S) groups is 1. The Hall–Kier alpha value is -1.94. The van der Waals surface area contributed by atoms with Crippen LogP contribution in [0.2, 0.25) is 0 Å². The Morgan fingerprint density at radius 2 is 1.90 bits per heavy atom. The molecule has 0 bridgehead atoms. The third-order valence-corrected chi connectivity index (χ3v) is 3.54. The molecule has 1 aromatic carbocycles. The predicted molar refractivity (Wildman–Crippen MR) is 90.2 cm³/mol. The van der Waals surface area contributed by atoms with E-state index in [4.69, 9.17) is 22.7 Å². The van der Waals surface area contributed by atoms with E-state index < -0.39 is 0 Å². The highest BCUT2D eigenvalue weighted by Gasteiger charge is 2.08. The van der Waals surface area contributed by atoms with Crippen molar-refractivity contribution in [1.82, 2.24) is 4.98 Å².